The molecule has 1 aromatic heterocycles. The van der Waals surface area contributed by atoms with E-state index in [-0.39, 0.29) is 18.4 Å². The van der Waals surface area contributed by atoms with E-state index in [9.17, 15) is 9.59 Å². The maximum absolute atomic E-state index is 13.3. The monoisotopic (exact) mass is 470 g/mol. The van der Waals surface area contributed by atoms with Crippen LogP contribution in [0.1, 0.15) is 29.5 Å². The third-order valence-electron chi connectivity index (χ3n) is 5.91. The molecule has 4 rings (SSSR count). The van der Waals surface area contributed by atoms with E-state index in [0.717, 1.165) is 22.5 Å². The van der Waals surface area contributed by atoms with E-state index in [0.29, 0.717) is 37.2 Å². The first-order valence-electron chi connectivity index (χ1n) is 11.8. The summed E-state index contributed by atoms with van der Waals surface area (Å²) < 4.78 is 7.19. The van der Waals surface area contributed by atoms with E-state index in [1.807, 2.05) is 66.1 Å². The number of hydrogen-bond acceptors (Lipinski definition) is 4. The van der Waals surface area contributed by atoms with Gasteiger partial charge in [0.25, 0.3) is 5.91 Å². The van der Waals surface area contributed by atoms with Crippen molar-refractivity contribution in [1.29, 1.82) is 0 Å². The number of nitrogens with one attached hydrogen (secondary N) is 1. The molecule has 1 heterocycles. The highest BCUT2D eigenvalue weighted by molar-refractivity contribution is 5.95. The Morgan fingerprint density at radius 1 is 1.00 bits per heavy atom. The van der Waals surface area contributed by atoms with Crippen LogP contribution in [0.15, 0.2) is 78.9 Å². The number of fused-ring (bicyclic) bond motifs is 1. The largest absolute Gasteiger partial charge is 0.497 e. The highest BCUT2D eigenvalue weighted by Gasteiger charge is 2.18. The van der Waals surface area contributed by atoms with Crippen LogP contribution in [0.5, 0.6) is 5.75 Å². The number of amides is 2. The Bertz CT molecular complexity index is 1300. The highest BCUT2D eigenvalue weighted by Crippen LogP contribution is 2.20. The Labute approximate surface area is 205 Å². The number of nitrogens with zero attached hydrogens (tertiary/aromatic N) is 3. The van der Waals surface area contributed by atoms with Gasteiger partial charge in [-0.25, -0.2) is 4.98 Å². The third-order valence-corrected chi connectivity index (χ3v) is 5.91. The molecule has 0 spiro atoms. The molecule has 0 atom stereocenters. The van der Waals surface area contributed by atoms with Crippen LogP contribution in [-0.2, 0) is 17.8 Å². The summed E-state index contributed by atoms with van der Waals surface area (Å²) in [4.78, 5) is 32.3. The number of likely N-dealkylation sites (N-methyl/N-ethyl adjacent to an activating group) is 1. The molecule has 0 fully saturated rings. The lowest BCUT2D eigenvalue weighted by Crippen LogP contribution is -2.34. The molecule has 0 bridgehead atoms. The van der Waals surface area contributed by atoms with Crippen molar-refractivity contribution < 1.29 is 14.3 Å². The van der Waals surface area contributed by atoms with Gasteiger partial charge in [-0.1, -0.05) is 36.4 Å². The number of carbonyl (C=O) groups excluding carboxylic acids is 2. The normalized spacial score (nSPS) is 10.8. The second kappa shape index (κ2) is 11.3. The summed E-state index contributed by atoms with van der Waals surface area (Å²) in [6.07, 6.45) is 1.33. The van der Waals surface area contributed by atoms with Gasteiger partial charge in [0.2, 0.25) is 5.91 Å². The number of hydrogen-bond donors (Lipinski definition) is 1. The van der Waals surface area contributed by atoms with Crippen LogP contribution in [0.25, 0.3) is 11.0 Å². The molecule has 0 radical (unpaired) electrons. The first-order valence-corrected chi connectivity index (χ1v) is 11.8. The number of imidazole rings is 1. The number of benzene rings is 3. The van der Waals surface area contributed by atoms with Crippen molar-refractivity contribution in [2.75, 3.05) is 25.1 Å². The van der Waals surface area contributed by atoms with E-state index in [4.69, 9.17) is 9.72 Å². The fraction of sp³-hybridized carbons (Fsp3) is 0.250. The average Bonchev–Trinajstić information content (AvgIpc) is 3.24. The first-order chi connectivity index (χ1) is 17.1. The zero-order valence-corrected chi connectivity index (χ0v) is 20.1. The molecule has 0 unspecified atom stereocenters. The Hall–Kier alpha value is -4.13. The molecule has 7 nitrogen and oxygen atoms in total. The molecule has 0 aliphatic rings. The van der Waals surface area contributed by atoms with Gasteiger partial charge in [-0.15, -0.1) is 0 Å². The topological polar surface area (TPSA) is 76.5 Å². The van der Waals surface area contributed by atoms with Gasteiger partial charge >= 0.3 is 0 Å². The van der Waals surface area contributed by atoms with E-state index in [2.05, 4.69) is 5.32 Å². The second-order valence-electron chi connectivity index (χ2n) is 8.17. The van der Waals surface area contributed by atoms with Crippen molar-refractivity contribution in [3.05, 3.63) is 90.3 Å². The van der Waals surface area contributed by atoms with E-state index in [1.165, 1.54) is 0 Å². The number of anilines is 1. The summed E-state index contributed by atoms with van der Waals surface area (Å²) >= 11 is 0. The van der Waals surface area contributed by atoms with Crippen molar-refractivity contribution in [2.45, 2.75) is 26.3 Å². The van der Waals surface area contributed by atoms with E-state index in [1.54, 1.807) is 36.3 Å². The summed E-state index contributed by atoms with van der Waals surface area (Å²) in [5.74, 6) is 1.34. The average molecular weight is 471 g/mol. The minimum Gasteiger partial charge on any atom is -0.497 e. The summed E-state index contributed by atoms with van der Waals surface area (Å²) in [6.45, 7) is 3.26. The minimum absolute atomic E-state index is 0.00873. The number of carbonyl (C=O) groups is 2. The fourth-order valence-corrected chi connectivity index (χ4v) is 4.14. The highest BCUT2D eigenvalue weighted by atomic mass is 16.5. The van der Waals surface area contributed by atoms with Crippen LogP contribution in [0, 0.1) is 0 Å². The number of methoxy groups -OCH3 is 1. The molecule has 180 valence electrons. The molecule has 3 aromatic carbocycles. The van der Waals surface area contributed by atoms with E-state index >= 15 is 0 Å². The molecule has 35 heavy (non-hydrogen) atoms. The van der Waals surface area contributed by atoms with Crippen LogP contribution in [0.2, 0.25) is 0 Å². The van der Waals surface area contributed by atoms with Crippen molar-refractivity contribution in [3.63, 3.8) is 0 Å². The van der Waals surface area contributed by atoms with E-state index < -0.39 is 0 Å². The summed E-state index contributed by atoms with van der Waals surface area (Å²) in [7, 11) is 1.58. The van der Waals surface area contributed by atoms with Crippen LogP contribution in [-0.4, -0.2) is 41.6 Å². The molecule has 7 heteroatoms. The lowest BCUT2D eigenvalue weighted by atomic mass is 10.2. The van der Waals surface area contributed by atoms with Gasteiger partial charge in [0, 0.05) is 30.8 Å². The van der Waals surface area contributed by atoms with Gasteiger partial charge < -0.3 is 19.5 Å². The number of aromatic nitrogens is 2. The Balaban J connectivity index is 1.44. The lowest BCUT2D eigenvalue weighted by Gasteiger charge is -2.22. The number of ether oxygens (including phenoxy) is 1. The maximum Gasteiger partial charge on any atom is 0.251 e. The molecule has 0 saturated heterocycles. The third kappa shape index (κ3) is 5.69. The first kappa shape index (κ1) is 24.0. The molecule has 0 aliphatic heterocycles. The van der Waals surface area contributed by atoms with Crippen LogP contribution in [0.3, 0.4) is 0 Å². The SMILES string of the molecule is CCN(C(=O)Cn1c(CCCNC(=O)c2cccc(OC)c2)nc2ccccc21)c1ccccc1. The summed E-state index contributed by atoms with van der Waals surface area (Å²) in [6, 6.07) is 24.6. The maximum atomic E-state index is 13.3. The zero-order chi connectivity index (χ0) is 24.6. The van der Waals surface area contributed by atoms with Gasteiger partial charge in [-0.3, -0.25) is 9.59 Å². The zero-order valence-electron chi connectivity index (χ0n) is 20.1. The van der Waals surface area contributed by atoms with Crippen LogP contribution < -0.4 is 15.0 Å². The molecule has 0 saturated carbocycles. The van der Waals surface area contributed by atoms with Gasteiger partial charge in [0.05, 0.1) is 18.1 Å². The van der Waals surface area contributed by atoms with Crippen LogP contribution >= 0.6 is 0 Å². The minimum atomic E-state index is -0.144. The number of aryl methyl sites for hydroxylation is 1. The van der Waals surface area contributed by atoms with Crippen molar-refractivity contribution in [3.8, 4) is 5.75 Å². The molecule has 4 aromatic rings. The molecular weight excluding hydrogens is 440 g/mol. The van der Waals surface area contributed by atoms with Crippen LogP contribution in [0.4, 0.5) is 5.69 Å². The predicted octanol–water partition coefficient (Wildman–Crippen LogP) is 4.46. The van der Waals surface area contributed by atoms with Gasteiger partial charge in [-0.05, 0) is 55.8 Å². The van der Waals surface area contributed by atoms with Gasteiger partial charge in [0.15, 0.2) is 0 Å². The quantitative estimate of drug-likeness (QED) is 0.347. The van der Waals surface area contributed by atoms with Crippen molar-refractivity contribution in [1.82, 2.24) is 14.9 Å². The van der Waals surface area contributed by atoms with Gasteiger partial charge in [0.1, 0.15) is 18.1 Å². The number of para-hydroxylation sites is 3. The summed E-state index contributed by atoms with van der Waals surface area (Å²) in [5.41, 5.74) is 3.23. The fourth-order valence-electron chi connectivity index (χ4n) is 4.14. The molecule has 0 aliphatic carbocycles. The lowest BCUT2D eigenvalue weighted by molar-refractivity contribution is -0.119. The Morgan fingerprint density at radius 2 is 1.77 bits per heavy atom. The Morgan fingerprint density at radius 3 is 2.54 bits per heavy atom. The van der Waals surface area contributed by atoms with Crippen molar-refractivity contribution in [2.24, 2.45) is 0 Å². The molecule has 2 amide bonds. The summed E-state index contributed by atoms with van der Waals surface area (Å²) in [5, 5.41) is 2.96. The molecule has 1 N–H and O–H groups in total. The standard InChI is InChI=1S/C28H30N4O3/c1-3-31(22-12-5-4-6-13-22)27(33)20-32-25-16-8-7-15-24(25)30-26(32)17-10-18-29-28(34)21-11-9-14-23(19-21)35-2/h4-9,11-16,19H,3,10,17-18,20H2,1-2H3,(H,29,34). The van der Waals surface area contributed by atoms with Gasteiger partial charge in [-0.2, -0.15) is 0 Å². The predicted molar refractivity (Wildman–Crippen MR) is 138 cm³/mol. The number of rotatable bonds is 10. The molecular formula is C28H30N4O3. The second-order valence-corrected chi connectivity index (χ2v) is 8.17. The smallest absolute Gasteiger partial charge is 0.251 e. The Kier molecular flexibility index (Phi) is 7.77. The van der Waals surface area contributed by atoms with Crippen molar-refractivity contribution >= 4 is 28.5 Å².